The van der Waals surface area contributed by atoms with Gasteiger partial charge in [-0.1, -0.05) is 97.1 Å². The van der Waals surface area contributed by atoms with Crippen molar-refractivity contribution in [1.29, 1.82) is 0 Å². The Morgan fingerprint density at radius 1 is 0.297 bits per heavy atom. The van der Waals surface area contributed by atoms with Crippen molar-refractivity contribution in [3.8, 4) is 33.6 Å². The monoisotopic (exact) mass is 1040 g/mol. The second kappa shape index (κ2) is 15.8. The Kier molecular flexibility index (Phi) is 9.85. The average Bonchev–Trinajstić information content (AvgIpc) is 4.12. The van der Waals surface area contributed by atoms with E-state index in [4.69, 9.17) is 0 Å². The van der Waals surface area contributed by atoms with Gasteiger partial charge >= 0.3 is 24.7 Å². The maximum Gasteiger partial charge on any atom is 0.420 e. The van der Waals surface area contributed by atoms with Gasteiger partial charge in [-0.3, -0.25) is 0 Å². The number of hydrogen-bond donors (Lipinski definition) is 0. The Morgan fingerprint density at radius 2 is 0.676 bits per heavy atom. The Bertz CT molecular complexity index is 4230. The normalized spacial score (nSPS) is 13.1. The second-order valence-electron chi connectivity index (χ2n) is 17.9. The fourth-order valence-electron chi connectivity index (χ4n) is 11.0. The second-order valence-corrected chi connectivity index (χ2v) is 20.1. The van der Waals surface area contributed by atoms with Crippen LogP contribution in [-0.4, -0.2) is 9.13 Å². The van der Waals surface area contributed by atoms with Crippen molar-refractivity contribution in [2.45, 2.75) is 24.7 Å². The number of rotatable bonds is 4. The van der Waals surface area contributed by atoms with Gasteiger partial charge in [-0.2, -0.15) is 52.7 Å². The van der Waals surface area contributed by atoms with Gasteiger partial charge in [0.25, 0.3) is 0 Å². The zero-order valence-corrected chi connectivity index (χ0v) is 39.0. The van der Waals surface area contributed by atoms with Crippen LogP contribution in [0.4, 0.5) is 52.7 Å². The van der Waals surface area contributed by atoms with Crippen LogP contribution in [-0.2, 0) is 24.7 Å². The number of para-hydroxylation sites is 2. The molecule has 74 heavy (non-hydrogen) atoms. The van der Waals surface area contributed by atoms with Crippen molar-refractivity contribution in [3.63, 3.8) is 0 Å². The molecule has 4 heterocycles. The summed E-state index contributed by atoms with van der Waals surface area (Å²) in [5, 5.41) is 3.92. The molecule has 366 valence electrons. The molecule has 0 aliphatic rings. The van der Waals surface area contributed by atoms with E-state index < -0.39 is 80.6 Å². The van der Waals surface area contributed by atoms with Crippen molar-refractivity contribution in [2.75, 3.05) is 0 Å². The summed E-state index contributed by atoms with van der Waals surface area (Å²) >= 11 is 2.77. The smallest absolute Gasteiger partial charge is 0.308 e. The van der Waals surface area contributed by atoms with Crippen molar-refractivity contribution in [1.82, 2.24) is 9.13 Å². The van der Waals surface area contributed by atoms with Gasteiger partial charge in [0.15, 0.2) is 0 Å². The van der Waals surface area contributed by atoms with Crippen LogP contribution in [0.3, 0.4) is 0 Å². The Labute approximate surface area is 417 Å². The number of aromatic nitrogens is 2. The molecule has 0 aliphatic carbocycles. The summed E-state index contributed by atoms with van der Waals surface area (Å²) < 4.78 is 199. The number of thiophene rings is 2. The van der Waals surface area contributed by atoms with Crippen LogP contribution in [0.1, 0.15) is 22.3 Å². The summed E-state index contributed by atoms with van der Waals surface area (Å²) in [5.74, 6) is 0. The number of alkyl halides is 12. The first kappa shape index (κ1) is 46.0. The van der Waals surface area contributed by atoms with E-state index in [-0.39, 0.29) is 22.1 Å². The molecule has 0 saturated carbocycles. The maximum absolute atomic E-state index is 17.6. The minimum Gasteiger partial charge on any atom is -0.308 e. The van der Waals surface area contributed by atoms with Gasteiger partial charge < -0.3 is 9.13 Å². The number of hydrogen-bond acceptors (Lipinski definition) is 2. The zero-order chi connectivity index (χ0) is 51.4. The zero-order valence-electron chi connectivity index (χ0n) is 37.4. The van der Waals surface area contributed by atoms with E-state index in [1.165, 1.54) is 59.1 Å². The third-order valence-electron chi connectivity index (χ3n) is 13.8. The third kappa shape index (κ3) is 6.79. The first-order valence-corrected chi connectivity index (χ1v) is 24.3. The molecule has 0 unspecified atom stereocenters. The van der Waals surface area contributed by atoms with E-state index in [1.54, 1.807) is 48.5 Å². The number of fused-ring (bicyclic) bond motifs is 14. The fourth-order valence-corrected chi connectivity index (χ4v) is 13.2. The number of nitrogens with zero attached hydrogens (tertiary/aromatic N) is 2. The van der Waals surface area contributed by atoms with Crippen LogP contribution in [0.15, 0.2) is 170 Å². The highest BCUT2D eigenvalue weighted by Crippen LogP contribution is 2.58. The minimum absolute atomic E-state index is 0.0134. The molecule has 0 bridgehead atoms. The standard InChI is InChI=1S/C58H28F12N2S2/c59-55(60,61)31-13-9-11-29(27-31)45-51(57(65,66)67)46(30-12-10-14-32(28-30)56(62,63)64)54(72-38-20-6-2-16-34(38)48-40(72)24-26-44-50(48)36-18-4-8-22-42(36)74-44)52(58(68,69)70)53(45)71-37-19-5-1-15-33(37)47-39(71)23-25-43-49(47)35-17-3-7-21-41(35)73-43/h1-28H. The molecule has 0 fully saturated rings. The molecule has 0 radical (unpaired) electrons. The van der Waals surface area contributed by atoms with Gasteiger partial charge in [0.2, 0.25) is 0 Å². The molecule has 0 N–H and O–H groups in total. The largest absolute Gasteiger partial charge is 0.420 e. The third-order valence-corrected chi connectivity index (χ3v) is 16.0. The molecular formula is C58H28F12N2S2. The van der Waals surface area contributed by atoms with Gasteiger partial charge in [0.05, 0.1) is 50.1 Å². The lowest BCUT2D eigenvalue weighted by Gasteiger charge is -2.31. The van der Waals surface area contributed by atoms with Crippen molar-refractivity contribution < 1.29 is 52.7 Å². The summed E-state index contributed by atoms with van der Waals surface area (Å²) in [5.41, 5.74) is -13.6. The predicted octanol–water partition coefficient (Wildman–Crippen LogP) is 20.0. The molecule has 4 aromatic heterocycles. The molecular weight excluding hydrogens is 1020 g/mol. The van der Waals surface area contributed by atoms with E-state index in [2.05, 4.69) is 0 Å². The summed E-state index contributed by atoms with van der Waals surface area (Å²) in [6, 6.07) is 38.2. The maximum atomic E-state index is 17.6. The van der Waals surface area contributed by atoms with E-state index in [0.717, 1.165) is 42.8 Å². The van der Waals surface area contributed by atoms with E-state index in [1.807, 2.05) is 36.4 Å². The first-order chi connectivity index (χ1) is 35.3. The molecule has 2 nitrogen and oxygen atoms in total. The van der Waals surface area contributed by atoms with Crippen molar-refractivity contribution in [2.24, 2.45) is 0 Å². The lowest BCUT2D eigenvalue weighted by Crippen LogP contribution is -2.23. The Morgan fingerprint density at radius 3 is 1.07 bits per heavy atom. The SMILES string of the molecule is FC(F)(F)c1cccc(-c2c(-n3c4ccccc4c4c5c(ccc43)sc3ccccc35)c(C(F)(F)F)c(-n3c4ccccc4c4c5c(ccc43)sc3ccccc35)c(-c3cccc(C(F)(F)F)c3)c2C(F)(F)F)c1. The van der Waals surface area contributed by atoms with Gasteiger partial charge in [0.1, 0.15) is 5.56 Å². The lowest BCUT2D eigenvalue weighted by atomic mass is 9.84. The van der Waals surface area contributed by atoms with E-state index in [9.17, 15) is 26.3 Å². The summed E-state index contributed by atoms with van der Waals surface area (Å²) in [4.78, 5) is 0. The molecule has 13 rings (SSSR count). The molecule has 0 aliphatic heterocycles. The van der Waals surface area contributed by atoms with Crippen molar-refractivity contribution in [3.05, 3.63) is 192 Å². The van der Waals surface area contributed by atoms with Crippen LogP contribution in [0.25, 0.3) is 118 Å². The Hall–Kier alpha value is -7.82. The molecule has 0 saturated heterocycles. The predicted molar refractivity (Wildman–Crippen MR) is 272 cm³/mol. The molecule has 9 aromatic carbocycles. The van der Waals surface area contributed by atoms with Gasteiger partial charge in [-0.25, -0.2) is 0 Å². The average molecular weight is 1040 g/mol. The Balaban J connectivity index is 1.36. The number of halogens is 12. The molecule has 0 amide bonds. The molecule has 0 spiro atoms. The highest BCUT2D eigenvalue weighted by molar-refractivity contribution is 7.26. The first-order valence-electron chi connectivity index (χ1n) is 22.7. The highest BCUT2D eigenvalue weighted by atomic mass is 32.1. The quantitative estimate of drug-likeness (QED) is 0.156. The fraction of sp³-hybridized carbons (Fsp3) is 0.0690. The molecule has 16 heteroatoms. The summed E-state index contributed by atoms with van der Waals surface area (Å²) in [6.07, 6.45) is -21.9. The van der Waals surface area contributed by atoms with Gasteiger partial charge in [0, 0.05) is 73.0 Å². The van der Waals surface area contributed by atoms with Crippen molar-refractivity contribution >= 4 is 107 Å². The lowest BCUT2D eigenvalue weighted by molar-refractivity contribution is -0.140. The highest BCUT2D eigenvalue weighted by Gasteiger charge is 2.49. The van der Waals surface area contributed by atoms with Crippen LogP contribution in [0.2, 0.25) is 0 Å². The summed E-state index contributed by atoms with van der Waals surface area (Å²) in [6.45, 7) is 0. The number of benzene rings is 9. The topological polar surface area (TPSA) is 9.86 Å². The van der Waals surface area contributed by atoms with E-state index >= 15 is 26.3 Å². The molecule has 13 aromatic rings. The van der Waals surface area contributed by atoms with Crippen LogP contribution in [0, 0.1) is 0 Å². The van der Waals surface area contributed by atoms with Gasteiger partial charge in [-0.15, -0.1) is 22.7 Å². The van der Waals surface area contributed by atoms with Crippen LogP contribution >= 0.6 is 22.7 Å². The van der Waals surface area contributed by atoms with Crippen LogP contribution < -0.4 is 0 Å². The summed E-state index contributed by atoms with van der Waals surface area (Å²) in [7, 11) is 0. The molecule has 0 atom stereocenters. The van der Waals surface area contributed by atoms with Gasteiger partial charge in [-0.05, 0) is 83.9 Å². The van der Waals surface area contributed by atoms with Crippen LogP contribution in [0.5, 0.6) is 0 Å². The minimum atomic E-state index is -5.79. The van der Waals surface area contributed by atoms with E-state index in [0.29, 0.717) is 76.8 Å².